The fraction of sp³-hybridized carbons (Fsp3) is 0.444. The number of fused-ring (bicyclic) bond motifs is 1. The van der Waals surface area contributed by atoms with E-state index < -0.39 is 0 Å². The smallest absolute Gasteiger partial charge is 0.165 e. The third-order valence-corrected chi connectivity index (χ3v) is 2.32. The summed E-state index contributed by atoms with van der Waals surface area (Å²) < 4.78 is 3.71. The number of nitrogens with zero attached hydrogens (tertiary/aromatic N) is 4. The molecule has 2 aromatic rings. The van der Waals surface area contributed by atoms with Crippen LogP contribution in [0.5, 0.6) is 0 Å². The lowest BCUT2D eigenvalue weighted by atomic mass is 10.5. The molecule has 5 heteroatoms. The lowest BCUT2D eigenvalue weighted by Crippen LogP contribution is -2.20. The van der Waals surface area contributed by atoms with E-state index in [1.165, 1.54) is 0 Å². The van der Waals surface area contributed by atoms with Gasteiger partial charge in [0.05, 0.1) is 12.7 Å². The summed E-state index contributed by atoms with van der Waals surface area (Å²) in [6, 6.07) is 0. The van der Waals surface area contributed by atoms with Crippen LogP contribution in [0.25, 0.3) is 11.2 Å². The number of hydrogen-bond acceptors (Lipinski definition) is 3. The highest BCUT2D eigenvalue weighted by Gasteiger charge is 2.05. The first-order valence-corrected chi connectivity index (χ1v) is 4.72. The summed E-state index contributed by atoms with van der Waals surface area (Å²) in [5, 5.41) is 7.88. The first-order chi connectivity index (χ1) is 6.77. The third kappa shape index (κ3) is 1.13. The highest BCUT2D eigenvalue weighted by Crippen LogP contribution is 2.03. The molecule has 0 atom stereocenters. The molecule has 0 unspecified atom stereocenters. The summed E-state index contributed by atoms with van der Waals surface area (Å²) in [6.45, 7) is 5.61. The van der Waals surface area contributed by atoms with Gasteiger partial charge >= 0.3 is 0 Å². The fourth-order valence-corrected chi connectivity index (χ4v) is 1.47. The second kappa shape index (κ2) is 3.25. The van der Waals surface area contributed by atoms with E-state index in [4.69, 9.17) is 5.41 Å². The Labute approximate surface area is 81.5 Å². The van der Waals surface area contributed by atoms with Gasteiger partial charge in [0.2, 0.25) is 0 Å². The van der Waals surface area contributed by atoms with Crippen LogP contribution in [-0.2, 0) is 13.1 Å². The van der Waals surface area contributed by atoms with Crippen molar-refractivity contribution in [3.63, 3.8) is 0 Å². The van der Waals surface area contributed by atoms with E-state index >= 15 is 0 Å². The average Bonchev–Trinajstić information content (AvgIpc) is 2.62. The molecule has 1 N–H and O–H groups in total. The monoisotopic (exact) mass is 191 g/mol. The second-order valence-corrected chi connectivity index (χ2v) is 3.08. The van der Waals surface area contributed by atoms with E-state index in [1.807, 2.05) is 18.4 Å². The van der Waals surface area contributed by atoms with Crippen molar-refractivity contribution in [2.75, 3.05) is 0 Å². The van der Waals surface area contributed by atoms with Crippen LogP contribution in [0.2, 0.25) is 0 Å². The van der Waals surface area contributed by atoms with E-state index in [0.29, 0.717) is 11.0 Å². The quantitative estimate of drug-likeness (QED) is 0.761. The third-order valence-electron chi connectivity index (χ3n) is 2.32. The minimum Gasteiger partial charge on any atom is -0.316 e. The van der Waals surface area contributed by atoms with Crippen molar-refractivity contribution in [1.29, 1.82) is 5.41 Å². The normalized spacial score (nSPS) is 11.0. The van der Waals surface area contributed by atoms with Gasteiger partial charge in [-0.15, -0.1) is 0 Å². The van der Waals surface area contributed by atoms with Crippen molar-refractivity contribution in [1.82, 2.24) is 19.1 Å². The first-order valence-electron chi connectivity index (χ1n) is 4.72. The molecule has 0 radical (unpaired) electrons. The largest absolute Gasteiger partial charge is 0.316 e. The molecule has 14 heavy (non-hydrogen) atoms. The Morgan fingerprint density at radius 3 is 2.43 bits per heavy atom. The van der Waals surface area contributed by atoms with Crippen molar-refractivity contribution < 1.29 is 0 Å². The van der Waals surface area contributed by atoms with Crippen molar-refractivity contribution >= 4 is 11.2 Å². The molecule has 2 aromatic heterocycles. The van der Waals surface area contributed by atoms with E-state index in [1.54, 1.807) is 17.2 Å². The maximum absolute atomic E-state index is 7.88. The minimum atomic E-state index is 0.435. The molecule has 0 aliphatic rings. The molecule has 74 valence electrons. The SMILES string of the molecule is CCn1cnc2c(ncn2CC)c1=N. The molecule has 0 spiro atoms. The van der Waals surface area contributed by atoms with Gasteiger partial charge in [-0.3, -0.25) is 5.41 Å². The van der Waals surface area contributed by atoms with Crippen molar-refractivity contribution in [2.45, 2.75) is 26.9 Å². The van der Waals surface area contributed by atoms with Gasteiger partial charge in [0.25, 0.3) is 0 Å². The number of imidazole rings is 1. The number of aromatic nitrogens is 4. The van der Waals surface area contributed by atoms with Crippen LogP contribution < -0.4 is 5.49 Å². The maximum atomic E-state index is 7.88. The van der Waals surface area contributed by atoms with Gasteiger partial charge in [-0.2, -0.15) is 0 Å². The van der Waals surface area contributed by atoms with Crippen LogP contribution >= 0.6 is 0 Å². The summed E-state index contributed by atoms with van der Waals surface area (Å²) in [4.78, 5) is 8.48. The van der Waals surface area contributed by atoms with Crippen LogP contribution in [0.4, 0.5) is 0 Å². The zero-order valence-corrected chi connectivity index (χ0v) is 8.36. The summed E-state index contributed by atoms with van der Waals surface area (Å²) in [5.74, 6) is 0. The van der Waals surface area contributed by atoms with Gasteiger partial charge in [-0.25, -0.2) is 9.97 Å². The van der Waals surface area contributed by atoms with Crippen LogP contribution in [0.3, 0.4) is 0 Å². The van der Waals surface area contributed by atoms with Crippen LogP contribution in [0, 0.1) is 5.41 Å². The Balaban J connectivity index is 2.79. The molecule has 0 aliphatic heterocycles. The number of aryl methyl sites for hydroxylation is 2. The number of nitrogens with one attached hydrogen (secondary N) is 1. The Bertz CT molecular complexity index is 507. The van der Waals surface area contributed by atoms with E-state index in [2.05, 4.69) is 9.97 Å². The molecule has 0 aliphatic carbocycles. The Morgan fingerprint density at radius 2 is 1.79 bits per heavy atom. The number of rotatable bonds is 2. The lowest BCUT2D eigenvalue weighted by molar-refractivity contribution is 0.689. The average molecular weight is 191 g/mol. The molecule has 2 rings (SSSR count). The highest BCUT2D eigenvalue weighted by atomic mass is 15.1. The molecule has 0 bridgehead atoms. The molecule has 5 nitrogen and oxygen atoms in total. The Morgan fingerprint density at radius 1 is 1.14 bits per heavy atom. The maximum Gasteiger partial charge on any atom is 0.165 e. The molecule has 0 aromatic carbocycles. The lowest BCUT2D eigenvalue weighted by Gasteiger charge is -2.02. The second-order valence-electron chi connectivity index (χ2n) is 3.08. The van der Waals surface area contributed by atoms with E-state index in [0.717, 1.165) is 18.7 Å². The van der Waals surface area contributed by atoms with Gasteiger partial charge in [0, 0.05) is 13.1 Å². The molecule has 0 amide bonds. The molecule has 2 heterocycles. The first kappa shape index (κ1) is 8.93. The molecule has 0 saturated carbocycles. The number of hydrogen-bond donors (Lipinski definition) is 1. The summed E-state index contributed by atoms with van der Waals surface area (Å²) in [5.41, 5.74) is 1.91. The minimum absolute atomic E-state index is 0.435. The fourth-order valence-electron chi connectivity index (χ4n) is 1.47. The van der Waals surface area contributed by atoms with Gasteiger partial charge < -0.3 is 9.13 Å². The zero-order valence-electron chi connectivity index (χ0n) is 8.36. The van der Waals surface area contributed by atoms with Gasteiger partial charge in [-0.1, -0.05) is 0 Å². The molecule has 0 saturated heterocycles. The van der Waals surface area contributed by atoms with Crippen LogP contribution in [0.15, 0.2) is 12.7 Å². The van der Waals surface area contributed by atoms with Gasteiger partial charge in [0.15, 0.2) is 11.1 Å². The van der Waals surface area contributed by atoms with Crippen molar-refractivity contribution in [2.24, 2.45) is 0 Å². The van der Waals surface area contributed by atoms with Crippen LogP contribution in [0.1, 0.15) is 13.8 Å². The predicted molar refractivity (Wildman–Crippen MR) is 52.7 cm³/mol. The summed E-state index contributed by atoms with van der Waals surface area (Å²) >= 11 is 0. The van der Waals surface area contributed by atoms with Crippen molar-refractivity contribution in [3.05, 3.63) is 18.1 Å². The predicted octanol–water partition coefficient (Wildman–Crippen LogP) is 0.752. The summed E-state index contributed by atoms with van der Waals surface area (Å²) in [6.07, 6.45) is 3.42. The Hall–Kier alpha value is -1.65. The standard InChI is InChI=1S/C9H13N5/c1-3-13-6-12-9-7(8(13)10)11-5-14(9)4-2/h5-6,10H,3-4H2,1-2H3. The topological polar surface area (TPSA) is 59.5 Å². The van der Waals surface area contributed by atoms with Gasteiger partial charge in [-0.05, 0) is 13.8 Å². The Kier molecular flexibility index (Phi) is 2.07. The zero-order chi connectivity index (χ0) is 10.1. The van der Waals surface area contributed by atoms with Gasteiger partial charge in [0.1, 0.15) is 5.52 Å². The van der Waals surface area contributed by atoms with Crippen LogP contribution in [-0.4, -0.2) is 19.1 Å². The van der Waals surface area contributed by atoms with E-state index in [9.17, 15) is 0 Å². The molecular weight excluding hydrogens is 178 g/mol. The summed E-state index contributed by atoms with van der Waals surface area (Å²) in [7, 11) is 0. The molecular formula is C9H13N5. The van der Waals surface area contributed by atoms with E-state index in [-0.39, 0.29) is 0 Å². The highest BCUT2D eigenvalue weighted by molar-refractivity contribution is 5.68. The van der Waals surface area contributed by atoms with Crippen molar-refractivity contribution in [3.8, 4) is 0 Å². The molecule has 0 fully saturated rings.